The highest BCUT2D eigenvalue weighted by Crippen LogP contribution is 2.33. The highest BCUT2D eigenvalue weighted by Gasteiger charge is 2.34. The van der Waals surface area contributed by atoms with Crippen LogP contribution in [0.5, 0.6) is 17.2 Å². The number of carbonyl (C=O) groups excluding carboxylic acids is 3. The molecule has 0 unspecified atom stereocenters. The van der Waals surface area contributed by atoms with Crippen LogP contribution in [0.15, 0.2) is 83.8 Å². The zero-order valence-corrected chi connectivity index (χ0v) is 19.1. The smallest absolute Gasteiger partial charge is 0.343 e. The second kappa shape index (κ2) is 10.7. The van der Waals surface area contributed by atoms with Gasteiger partial charge in [0.1, 0.15) is 12.4 Å². The predicted octanol–water partition coefficient (Wildman–Crippen LogP) is 5.03. The van der Waals surface area contributed by atoms with E-state index in [0.29, 0.717) is 28.4 Å². The SMILES string of the molecule is COc1ccccc1OCCN1C(=O)S/C(=C\c2cccc(OC(=O)c3ccccc3)c2)C1=O. The third-order valence-corrected chi connectivity index (χ3v) is 5.80. The lowest BCUT2D eigenvalue weighted by Crippen LogP contribution is -2.32. The summed E-state index contributed by atoms with van der Waals surface area (Å²) in [4.78, 5) is 38.9. The van der Waals surface area contributed by atoms with Crippen LogP contribution in [-0.2, 0) is 4.79 Å². The van der Waals surface area contributed by atoms with E-state index in [-0.39, 0.29) is 23.3 Å². The average Bonchev–Trinajstić information content (AvgIpc) is 3.12. The van der Waals surface area contributed by atoms with Crippen molar-refractivity contribution in [1.82, 2.24) is 4.90 Å². The fourth-order valence-corrected chi connectivity index (χ4v) is 4.10. The number of para-hydroxylation sites is 2. The average molecular weight is 476 g/mol. The van der Waals surface area contributed by atoms with Gasteiger partial charge in [0.15, 0.2) is 11.5 Å². The minimum absolute atomic E-state index is 0.106. The summed E-state index contributed by atoms with van der Waals surface area (Å²) in [5.74, 6) is 0.573. The number of rotatable bonds is 8. The highest BCUT2D eigenvalue weighted by atomic mass is 32.2. The maximum atomic E-state index is 12.8. The van der Waals surface area contributed by atoms with Crippen LogP contribution in [0.3, 0.4) is 0 Å². The van der Waals surface area contributed by atoms with Crippen LogP contribution in [0.2, 0.25) is 0 Å². The lowest BCUT2D eigenvalue weighted by molar-refractivity contribution is -0.123. The van der Waals surface area contributed by atoms with E-state index in [2.05, 4.69) is 0 Å². The molecule has 1 aliphatic rings. The molecule has 0 saturated carbocycles. The predicted molar refractivity (Wildman–Crippen MR) is 129 cm³/mol. The zero-order chi connectivity index (χ0) is 23.9. The van der Waals surface area contributed by atoms with Crippen LogP contribution in [-0.4, -0.2) is 42.3 Å². The Kier molecular flexibility index (Phi) is 7.29. The van der Waals surface area contributed by atoms with Crippen LogP contribution in [0.4, 0.5) is 4.79 Å². The normalized spacial score (nSPS) is 14.4. The van der Waals surface area contributed by atoms with E-state index in [4.69, 9.17) is 14.2 Å². The Morgan fingerprint density at radius 3 is 2.44 bits per heavy atom. The lowest BCUT2D eigenvalue weighted by atomic mass is 10.2. The fourth-order valence-electron chi connectivity index (χ4n) is 3.24. The Balaban J connectivity index is 1.40. The topological polar surface area (TPSA) is 82.1 Å². The summed E-state index contributed by atoms with van der Waals surface area (Å²) < 4.78 is 16.3. The Bertz CT molecular complexity index is 1240. The standard InChI is InChI=1S/C26H21NO6S/c1-31-21-12-5-6-13-22(21)32-15-14-27-24(28)23(34-26(27)30)17-18-8-7-11-20(16-18)33-25(29)19-9-3-2-4-10-19/h2-13,16-17H,14-15H2,1H3/b23-17-. The van der Waals surface area contributed by atoms with Crippen molar-refractivity contribution in [2.45, 2.75) is 0 Å². The number of methoxy groups -OCH3 is 1. The summed E-state index contributed by atoms with van der Waals surface area (Å²) in [7, 11) is 1.54. The molecule has 1 heterocycles. The summed E-state index contributed by atoms with van der Waals surface area (Å²) in [5, 5.41) is -0.369. The van der Waals surface area contributed by atoms with E-state index in [9.17, 15) is 14.4 Å². The first kappa shape index (κ1) is 23.1. The number of ether oxygens (including phenoxy) is 3. The molecule has 34 heavy (non-hydrogen) atoms. The molecule has 1 saturated heterocycles. The molecule has 172 valence electrons. The minimum Gasteiger partial charge on any atom is -0.493 e. The van der Waals surface area contributed by atoms with Gasteiger partial charge in [0, 0.05) is 0 Å². The molecular weight excluding hydrogens is 454 g/mol. The number of imide groups is 1. The second-order valence-corrected chi connectivity index (χ2v) is 8.15. The molecule has 7 nitrogen and oxygen atoms in total. The van der Waals surface area contributed by atoms with Crippen molar-refractivity contribution in [3.8, 4) is 17.2 Å². The van der Waals surface area contributed by atoms with Crippen LogP contribution in [0.25, 0.3) is 6.08 Å². The number of thioether (sulfide) groups is 1. The number of hydrogen-bond donors (Lipinski definition) is 0. The van der Waals surface area contributed by atoms with Gasteiger partial charge in [-0.1, -0.05) is 42.5 Å². The maximum absolute atomic E-state index is 12.8. The summed E-state index contributed by atoms with van der Waals surface area (Å²) in [6.07, 6.45) is 1.60. The lowest BCUT2D eigenvalue weighted by Gasteiger charge is -2.14. The van der Waals surface area contributed by atoms with E-state index >= 15 is 0 Å². The van der Waals surface area contributed by atoms with Crippen molar-refractivity contribution in [3.05, 3.63) is 94.9 Å². The third kappa shape index (κ3) is 5.47. The summed E-state index contributed by atoms with van der Waals surface area (Å²) in [6.45, 7) is 0.241. The van der Waals surface area contributed by atoms with Gasteiger partial charge in [0.2, 0.25) is 0 Å². The molecule has 1 aliphatic heterocycles. The van der Waals surface area contributed by atoms with Crippen molar-refractivity contribution in [2.24, 2.45) is 0 Å². The van der Waals surface area contributed by atoms with Crippen molar-refractivity contribution >= 4 is 35.0 Å². The van der Waals surface area contributed by atoms with Crippen LogP contribution < -0.4 is 14.2 Å². The fraction of sp³-hybridized carbons (Fsp3) is 0.115. The molecule has 4 rings (SSSR count). The van der Waals surface area contributed by atoms with E-state index in [1.165, 1.54) is 0 Å². The molecule has 0 N–H and O–H groups in total. The third-order valence-electron chi connectivity index (χ3n) is 4.89. The molecule has 0 radical (unpaired) electrons. The molecule has 0 spiro atoms. The summed E-state index contributed by atoms with van der Waals surface area (Å²) >= 11 is 0.858. The molecule has 1 fully saturated rings. The molecule has 3 aromatic carbocycles. The first-order valence-corrected chi connectivity index (χ1v) is 11.3. The van der Waals surface area contributed by atoms with E-state index < -0.39 is 11.9 Å². The van der Waals surface area contributed by atoms with Gasteiger partial charge in [0.25, 0.3) is 11.1 Å². The van der Waals surface area contributed by atoms with Crippen molar-refractivity contribution in [3.63, 3.8) is 0 Å². The number of benzene rings is 3. The Hall–Kier alpha value is -4.04. The number of amides is 2. The van der Waals surface area contributed by atoms with Crippen molar-refractivity contribution in [1.29, 1.82) is 0 Å². The second-order valence-electron chi connectivity index (χ2n) is 7.16. The van der Waals surface area contributed by atoms with E-state index in [1.54, 1.807) is 73.8 Å². The van der Waals surface area contributed by atoms with Gasteiger partial charge >= 0.3 is 5.97 Å². The van der Waals surface area contributed by atoms with Gasteiger partial charge < -0.3 is 14.2 Å². The van der Waals surface area contributed by atoms with Gasteiger partial charge in [-0.15, -0.1) is 0 Å². The van der Waals surface area contributed by atoms with Gasteiger partial charge in [-0.25, -0.2) is 4.79 Å². The largest absolute Gasteiger partial charge is 0.493 e. The first-order valence-electron chi connectivity index (χ1n) is 10.4. The molecular formula is C26H21NO6S. The number of esters is 1. The maximum Gasteiger partial charge on any atom is 0.343 e. The number of hydrogen-bond acceptors (Lipinski definition) is 7. The van der Waals surface area contributed by atoms with Crippen molar-refractivity contribution < 1.29 is 28.6 Å². The Labute approximate surface area is 200 Å². The number of nitrogens with zero attached hydrogens (tertiary/aromatic N) is 1. The van der Waals surface area contributed by atoms with Crippen LogP contribution in [0, 0.1) is 0 Å². The monoisotopic (exact) mass is 475 g/mol. The molecule has 0 atom stereocenters. The molecule has 2 amide bonds. The van der Waals surface area contributed by atoms with Gasteiger partial charge in [-0.05, 0) is 59.8 Å². The number of carbonyl (C=O) groups is 3. The summed E-state index contributed by atoms with van der Waals surface area (Å²) in [5.41, 5.74) is 1.07. The van der Waals surface area contributed by atoms with Crippen molar-refractivity contribution in [2.75, 3.05) is 20.3 Å². The molecule has 0 aromatic heterocycles. The summed E-state index contributed by atoms with van der Waals surface area (Å²) in [6, 6.07) is 22.6. The van der Waals surface area contributed by atoms with E-state index in [1.807, 2.05) is 18.2 Å². The highest BCUT2D eigenvalue weighted by molar-refractivity contribution is 8.18. The van der Waals surface area contributed by atoms with Crippen LogP contribution in [0.1, 0.15) is 15.9 Å². The Morgan fingerprint density at radius 2 is 1.68 bits per heavy atom. The Morgan fingerprint density at radius 1 is 0.941 bits per heavy atom. The van der Waals surface area contributed by atoms with Crippen LogP contribution >= 0.6 is 11.8 Å². The van der Waals surface area contributed by atoms with Gasteiger partial charge in [-0.2, -0.15) is 0 Å². The molecule has 0 bridgehead atoms. The van der Waals surface area contributed by atoms with Gasteiger partial charge in [-0.3, -0.25) is 14.5 Å². The van der Waals surface area contributed by atoms with E-state index in [0.717, 1.165) is 16.7 Å². The van der Waals surface area contributed by atoms with Gasteiger partial charge in [0.05, 0.1) is 24.1 Å². The molecule has 0 aliphatic carbocycles. The molecule has 8 heteroatoms. The quantitative estimate of drug-likeness (QED) is 0.257. The molecule has 3 aromatic rings. The zero-order valence-electron chi connectivity index (χ0n) is 18.3. The minimum atomic E-state index is -0.479. The first-order chi connectivity index (χ1) is 16.5.